The Morgan fingerprint density at radius 1 is 1.08 bits per heavy atom. The Hall–Kier alpha value is -5.17. The van der Waals surface area contributed by atoms with Crippen molar-refractivity contribution in [2.45, 2.75) is 12.6 Å². The number of rotatable bonds is 8. The number of nitrogens with one attached hydrogen (secondary N) is 2. The van der Waals surface area contributed by atoms with Crippen LogP contribution in [0.15, 0.2) is 78.0 Å². The van der Waals surface area contributed by atoms with Crippen LogP contribution in [0.1, 0.15) is 22.7 Å². The molecule has 2 aromatic heterocycles. The number of ether oxygens (including phenoxy) is 3. The predicted molar refractivity (Wildman–Crippen MR) is 138 cm³/mol. The van der Waals surface area contributed by atoms with E-state index in [-0.39, 0.29) is 18.9 Å². The number of nitrogens with zero attached hydrogens (tertiary/aromatic N) is 3. The molecule has 1 aliphatic heterocycles. The standard InChI is InChI=1S/C28H23N5O5/c1-36-22-9-2-3-10-23(22)37-16-21-24(27(34)38-15-18-7-4-6-17(12-18)13-29)25(33-28(35)32-21)20-14-31-26-19(20)8-5-11-30-26/h2-12,14,24-25H,15-16H2,1H3,(H,30,31)(H,33,35). The van der Waals surface area contributed by atoms with Gasteiger partial charge in [-0.1, -0.05) is 24.3 Å². The summed E-state index contributed by atoms with van der Waals surface area (Å²) in [6.07, 6.45) is 3.36. The molecule has 1 aliphatic rings. The lowest BCUT2D eigenvalue weighted by atomic mass is 9.88. The number of amides is 2. The van der Waals surface area contributed by atoms with E-state index in [4.69, 9.17) is 14.2 Å². The highest BCUT2D eigenvalue weighted by Gasteiger charge is 2.41. The van der Waals surface area contributed by atoms with Crippen molar-refractivity contribution >= 4 is 28.7 Å². The van der Waals surface area contributed by atoms with Gasteiger partial charge in [-0.25, -0.2) is 9.78 Å². The van der Waals surface area contributed by atoms with Crippen molar-refractivity contribution in [2.24, 2.45) is 10.9 Å². The van der Waals surface area contributed by atoms with Gasteiger partial charge in [0.05, 0.1) is 30.5 Å². The lowest BCUT2D eigenvalue weighted by Gasteiger charge is -2.30. The zero-order valence-corrected chi connectivity index (χ0v) is 20.4. The minimum Gasteiger partial charge on any atom is -0.493 e. The number of hydrogen-bond donors (Lipinski definition) is 2. The third-order valence-corrected chi connectivity index (χ3v) is 6.17. The van der Waals surface area contributed by atoms with Gasteiger partial charge in [-0.3, -0.25) is 4.79 Å². The average Bonchev–Trinajstić information content (AvgIpc) is 3.39. The topological polar surface area (TPSA) is 139 Å². The highest BCUT2D eigenvalue weighted by atomic mass is 16.5. The van der Waals surface area contributed by atoms with E-state index in [0.717, 1.165) is 5.39 Å². The van der Waals surface area contributed by atoms with Crippen LogP contribution in [0.5, 0.6) is 11.5 Å². The summed E-state index contributed by atoms with van der Waals surface area (Å²) in [5, 5.41) is 12.7. The lowest BCUT2D eigenvalue weighted by Crippen LogP contribution is -2.46. The molecule has 38 heavy (non-hydrogen) atoms. The predicted octanol–water partition coefficient (Wildman–Crippen LogP) is 4.09. The number of nitriles is 1. The number of fused-ring (bicyclic) bond motifs is 1. The molecule has 2 unspecified atom stereocenters. The molecule has 3 heterocycles. The number of esters is 1. The van der Waals surface area contributed by atoms with Gasteiger partial charge < -0.3 is 24.5 Å². The zero-order valence-electron chi connectivity index (χ0n) is 20.4. The van der Waals surface area contributed by atoms with Gasteiger partial charge in [0.1, 0.15) is 24.8 Å². The molecule has 0 radical (unpaired) electrons. The third-order valence-electron chi connectivity index (χ3n) is 6.17. The molecule has 4 aromatic rings. The second-order valence-corrected chi connectivity index (χ2v) is 8.51. The summed E-state index contributed by atoms with van der Waals surface area (Å²) in [6.45, 7) is -0.198. The Bertz CT molecular complexity index is 1570. The Kier molecular flexibility index (Phi) is 6.99. The molecule has 2 amide bonds. The summed E-state index contributed by atoms with van der Waals surface area (Å²) in [7, 11) is 1.52. The number of benzene rings is 2. The number of carbonyl (C=O) groups is 2. The highest BCUT2D eigenvalue weighted by molar-refractivity contribution is 6.10. The Balaban J connectivity index is 1.47. The fraction of sp³-hybridized carbons (Fsp3) is 0.179. The Labute approximate surface area is 217 Å². The number of para-hydroxylation sites is 2. The van der Waals surface area contributed by atoms with Crippen LogP contribution in [0.4, 0.5) is 4.79 Å². The maximum atomic E-state index is 13.6. The molecule has 10 heteroatoms. The molecule has 0 fully saturated rings. The summed E-state index contributed by atoms with van der Waals surface area (Å²) < 4.78 is 17.0. The summed E-state index contributed by atoms with van der Waals surface area (Å²) in [4.78, 5) is 37.8. The number of aliphatic imine (C=N–C) groups is 1. The van der Waals surface area contributed by atoms with E-state index in [1.165, 1.54) is 7.11 Å². The molecule has 10 nitrogen and oxygen atoms in total. The number of hydrogen-bond acceptors (Lipinski definition) is 7. The summed E-state index contributed by atoms with van der Waals surface area (Å²) >= 11 is 0. The molecule has 0 saturated carbocycles. The van der Waals surface area contributed by atoms with Crippen LogP contribution in [-0.4, -0.2) is 41.4 Å². The summed E-state index contributed by atoms with van der Waals surface area (Å²) in [6, 6.07) is 18.2. The minimum atomic E-state index is -0.985. The van der Waals surface area contributed by atoms with Crippen molar-refractivity contribution in [3.63, 3.8) is 0 Å². The Morgan fingerprint density at radius 2 is 1.92 bits per heavy atom. The SMILES string of the molecule is COc1ccccc1OCC1=NC(=O)NC(c2c[nH]c3ncccc23)C1C(=O)OCc1cccc(C#N)c1. The molecule has 2 aromatic carbocycles. The lowest BCUT2D eigenvalue weighted by molar-refractivity contribution is -0.148. The zero-order chi connectivity index (χ0) is 26.5. The second-order valence-electron chi connectivity index (χ2n) is 8.51. The van der Waals surface area contributed by atoms with Gasteiger partial charge in [0.25, 0.3) is 0 Å². The number of methoxy groups -OCH3 is 1. The normalized spacial score (nSPS) is 16.7. The maximum Gasteiger partial charge on any atom is 0.341 e. The van der Waals surface area contributed by atoms with E-state index in [2.05, 4.69) is 26.3 Å². The fourth-order valence-electron chi connectivity index (χ4n) is 4.39. The first-order valence-electron chi connectivity index (χ1n) is 11.8. The number of urea groups is 1. The smallest absolute Gasteiger partial charge is 0.341 e. The second kappa shape index (κ2) is 10.8. The van der Waals surface area contributed by atoms with Crippen molar-refractivity contribution in [3.05, 3.63) is 89.7 Å². The van der Waals surface area contributed by atoms with Crippen molar-refractivity contribution in [1.82, 2.24) is 15.3 Å². The van der Waals surface area contributed by atoms with E-state index in [1.807, 2.05) is 6.07 Å². The van der Waals surface area contributed by atoms with E-state index in [0.29, 0.717) is 33.8 Å². The van der Waals surface area contributed by atoms with Crippen LogP contribution in [0.25, 0.3) is 11.0 Å². The van der Waals surface area contributed by atoms with Crippen LogP contribution in [-0.2, 0) is 16.1 Å². The van der Waals surface area contributed by atoms with Gasteiger partial charge >= 0.3 is 12.0 Å². The largest absolute Gasteiger partial charge is 0.493 e. The van der Waals surface area contributed by atoms with Gasteiger partial charge in [0, 0.05) is 23.3 Å². The van der Waals surface area contributed by atoms with Crippen LogP contribution in [0.2, 0.25) is 0 Å². The first-order valence-corrected chi connectivity index (χ1v) is 11.8. The number of H-pyrrole nitrogens is 1. The third kappa shape index (κ3) is 5.03. The molecule has 5 rings (SSSR count). The number of aromatic nitrogens is 2. The van der Waals surface area contributed by atoms with Crippen molar-refractivity contribution in [2.75, 3.05) is 13.7 Å². The van der Waals surface area contributed by atoms with Gasteiger partial charge in [0.2, 0.25) is 0 Å². The molecule has 2 N–H and O–H groups in total. The highest BCUT2D eigenvalue weighted by Crippen LogP contribution is 2.33. The van der Waals surface area contributed by atoms with Gasteiger partial charge in [-0.15, -0.1) is 0 Å². The van der Waals surface area contributed by atoms with E-state index in [1.54, 1.807) is 67.0 Å². The number of pyridine rings is 1. The van der Waals surface area contributed by atoms with E-state index in [9.17, 15) is 14.9 Å². The van der Waals surface area contributed by atoms with Gasteiger partial charge in [0.15, 0.2) is 11.5 Å². The van der Waals surface area contributed by atoms with Crippen molar-refractivity contribution in [1.29, 1.82) is 5.26 Å². The summed E-state index contributed by atoms with van der Waals surface area (Å²) in [5.41, 5.74) is 2.61. The van der Waals surface area contributed by atoms with E-state index >= 15 is 0 Å². The molecule has 0 saturated heterocycles. The number of aromatic amines is 1. The maximum absolute atomic E-state index is 13.6. The molecular weight excluding hydrogens is 486 g/mol. The van der Waals surface area contributed by atoms with Gasteiger partial charge in [-0.05, 0) is 42.0 Å². The first kappa shape index (κ1) is 24.5. The molecule has 0 bridgehead atoms. The molecular formula is C28H23N5O5. The van der Waals surface area contributed by atoms with Crippen LogP contribution in [0.3, 0.4) is 0 Å². The number of carbonyl (C=O) groups excluding carboxylic acids is 2. The Morgan fingerprint density at radius 3 is 2.74 bits per heavy atom. The molecule has 0 aliphatic carbocycles. The average molecular weight is 510 g/mol. The van der Waals surface area contributed by atoms with Crippen molar-refractivity contribution < 1.29 is 23.8 Å². The van der Waals surface area contributed by atoms with Gasteiger partial charge in [-0.2, -0.15) is 10.3 Å². The van der Waals surface area contributed by atoms with Crippen LogP contribution in [0, 0.1) is 17.2 Å². The van der Waals surface area contributed by atoms with Crippen molar-refractivity contribution in [3.8, 4) is 17.6 Å². The van der Waals surface area contributed by atoms with E-state index < -0.39 is 24.0 Å². The summed E-state index contributed by atoms with van der Waals surface area (Å²) in [5.74, 6) is -0.639. The quantitative estimate of drug-likeness (QED) is 0.341. The molecule has 2 atom stereocenters. The fourth-order valence-corrected chi connectivity index (χ4v) is 4.39. The van der Waals surface area contributed by atoms with Crippen LogP contribution < -0.4 is 14.8 Å². The minimum absolute atomic E-state index is 0.0540. The first-order chi connectivity index (χ1) is 18.6. The monoisotopic (exact) mass is 509 g/mol. The van der Waals surface area contributed by atoms with Crippen LogP contribution >= 0.6 is 0 Å². The molecule has 0 spiro atoms. The molecule has 190 valence electrons.